The van der Waals surface area contributed by atoms with Gasteiger partial charge in [-0.2, -0.15) is 0 Å². The van der Waals surface area contributed by atoms with Gasteiger partial charge in [0, 0.05) is 12.6 Å². The Morgan fingerprint density at radius 3 is 2.68 bits per heavy atom. The molecule has 0 saturated carbocycles. The van der Waals surface area contributed by atoms with E-state index in [0.29, 0.717) is 41.3 Å². The van der Waals surface area contributed by atoms with E-state index >= 15 is 0 Å². The highest BCUT2D eigenvalue weighted by Crippen LogP contribution is 2.31. The average molecular weight is 397 g/mol. The van der Waals surface area contributed by atoms with E-state index in [1.165, 1.54) is 7.11 Å². The van der Waals surface area contributed by atoms with Gasteiger partial charge in [-0.25, -0.2) is 15.0 Å². The summed E-state index contributed by atoms with van der Waals surface area (Å²) in [6.45, 7) is 3.16. The first-order valence-electron chi connectivity index (χ1n) is 8.72. The Labute approximate surface area is 164 Å². The Morgan fingerprint density at radius 1 is 1.14 bits per heavy atom. The van der Waals surface area contributed by atoms with Crippen molar-refractivity contribution in [1.29, 1.82) is 0 Å². The molecule has 3 heterocycles. The van der Waals surface area contributed by atoms with Gasteiger partial charge in [0.2, 0.25) is 0 Å². The van der Waals surface area contributed by atoms with Gasteiger partial charge in [0.05, 0.1) is 41.9 Å². The molecule has 0 bridgehead atoms. The Balaban J connectivity index is 1.76. The number of methoxy groups -OCH3 is 2. The molecule has 0 aliphatic heterocycles. The minimum absolute atomic E-state index is 0.221. The predicted octanol–water partition coefficient (Wildman–Crippen LogP) is 2.97. The third kappa shape index (κ3) is 3.13. The van der Waals surface area contributed by atoms with Crippen LogP contribution in [-0.4, -0.2) is 40.7 Å². The van der Waals surface area contributed by atoms with Gasteiger partial charge in [0.25, 0.3) is 5.56 Å². The fourth-order valence-corrected chi connectivity index (χ4v) is 3.97. The van der Waals surface area contributed by atoms with E-state index in [0.717, 1.165) is 16.0 Å². The molecule has 1 aromatic carbocycles. The van der Waals surface area contributed by atoms with Crippen LogP contribution in [0.15, 0.2) is 34.7 Å². The summed E-state index contributed by atoms with van der Waals surface area (Å²) in [5.41, 5.74) is 1.24. The number of hydrogen-bond acceptors (Lipinski definition) is 8. The van der Waals surface area contributed by atoms with E-state index in [1.807, 2.05) is 18.4 Å². The summed E-state index contributed by atoms with van der Waals surface area (Å²) >= 11 is 1.59. The summed E-state index contributed by atoms with van der Waals surface area (Å²) in [6.07, 6.45) is 1.56. The van der Waals surface area contributed by atoms with Crippen LogP contribution in [0.4, 0.5) is 5.82 Å². The molecule has 1 N–H and O–H groups in total. The van der Waals surface area contributed by atoms with Crippen LogP contribution in [0.2, 0.25) is 0 Å². The van der Waals surface area contributed by atoms with E-state index in [1.54, 1.807) is 36.9 Å². The van der Waals surface area contributed by atoms with Gasteiger partial charge >= 0.3 is 0 Å². The standard InChI is InChI=1S/C19H19N5O3S/c1-4-24(18-17-12(5-6-28-17)20-10-21-18)9-16-22-13-8-15(27-3)14(26-2)7-11(13)19(25)23-16/h5-8,10H,4,9H2,1-3H3,(H,22,23,25). The lowest BCUT2D eigenvalue weighted by Gasteiger charge is -2.21. The van der Waals surface area contributed by atoms with Crippen molar-refractivity contribution < 1.29 is 9.47 Å². The van der Waals surface area contributed by atoms with Crippen molar-refractivity contribution in [1.82, 2.24) is 19.9 Å². The number of nitrogens with one attached hydrogen (secondary N) is 1. The van der Waals surface area contributed by atoms with Crippen molar-refractivity contribution in [2.75, 3.05) is 25.7 Å². The largest absolute Gasteiger partial charge is 0.493 e. The Bertz CT molecular complexity index is 1200. The van der Waals surface area contributed by atoms with Gasteiger partial charge in [-0.3, -0.25) is 4.79 Å². The summed E-state index contributed by atoms with van der Waals surface area (Å²) in [6, 6.07) is 5.32. The highest BCUT2D eigenvalue weighted by Gasteiger charge is 2.16. The normalized spacial score (nSPS) is 11.1. The SMILES string of the molecule is CCN(Cc1nc2cc(OC)c(OC)cc2c(=O)[nH]1)c1ncnc2ccsc12. The van der Waals surface area contributed by atoms with Crippen molar-refractivity contribution in [2.45, 2.75) is 13.5 Å². The van der Waals surface area contributed by atoms with Gasteiger partial charge in [-0.1, -0.05) is 0 Å². The second-order valence-electron chi connectivity index (χ2n) is 6.08. The lowest BCUT2D eigenvalue weighted by atomic mass is 10.2. The van der Waals surface area contributed by atoms with Crippen LogP contribution in [0.1, 0.15) is 12.7 Å². The summed E-state index contributed by atoms with van der Waals surface area (Å²) < 4.78 is 11.6. The average Bonchev–Trinajstić information content (AvgIpc) is 3.20. The number of H-pyrrole nitrogens is 1. The second kappa shape index (κ2) is 7.43. The van der Waals surface area contributed by atoms with Crippen LogP contribution in [0.25, 0.3) is 21.1 Å². The van der Waals surface area contributed by atoms with Gasteiger partial charge in [0.15, 0.2) is 11.5 Å². The molecule has 4 aromatic rings. The first kappa shape index (κ1) is 18.2. The molecule has 0 atom stereocenters. The molecule has 0 fully saturated rings. The highest BCUT2D eigenvalue weighted by molar-refractivity contribution is 7.17. The fraction of sp³-hybridized carbons (Fsp3) is 0.263. The smallest absolute Gasteiger partial charge is 0.258 e. The Kier molecular flexibility index (Phi) is 4.82. The molecular formula is C19H19N5O3S. The van der Waals surface area contributed by atoms with Gasteiger partial charge in [-0.05, 0) is 24.4 Å². The third-order valence-electron chi connectivity index (χ3n) is 4.51. The van der Waals surface area contributed by atoms with Gasteiger partial charge in [0.1, 0.15) is 18.0 Å². The van der Waals surface area contributed by atoms with Crippen LogP contribution >= 0.6 is 11.3 Å². The lowest BCUT2D eigenvalue weighted by Crippen LogP contribution is -2.26. The molecule has 0 saturated heterocycles. The van der Waals surface area contributed by atoms with Crippen LogP contribution in [-0.2, 0) is 6.54 Å². The van der Waals surface area contributed by atoms with Crippen molar-refractivity contribution >= 4 is 38.3 Å². The number of thiophene rings is 1. The van der Waals surface area contributed by atoms with E-state index in [2.05, 4.69) is 24.8 Å². The van der Waals surface area contributed by atoms with Crippen LogP contribution < -0.4 is 19.9 Å². The number of rotatable bonds is 6. The molecule has 0 spiro atoms. The molecule has 0 radical (unpaired) electrons. The monoisotopic (exact) mass is 397 g/mol. The number of anilines is 1. The van der Waals surface area contributed by atoms with Crippen LogP contribution in [0.3, 0.4) is 0 Å². The first-order chi connectivity index (χ1) is 13.6. The van der Waals surface area contributed by atoms with E-state index in [-0.39, 0.29) is 5.56 Å². The topological polar surface area (TPSA) is 93.2 Å². The van der Waals surface area contributed by atoms with Crippen molar-refractivity contribution in [3.05, 3.63) is 46.1 Å². The van der Waals surface area contributed by atoms with Gasteiger partial charge in [-0.15, -0.1) is 11.3 Å². The number of hydrogen-bond donors (Lipinski definition) is 1. The van der Waals surface area contributed by atoms with E-state index in [9.17, 15) is 4.79 Å². The molecule has 8 nitrogen and oxygen atoms in total. The lowest BCUT2D eigenvalue weighted by molar-refractivity contribution is 0.355. The second-order valence-corrected chi connectivity index (χ2v) is 7.00. The number of fused-ring (bicyclic) bond motifs is 2. The summed E-state index contributed by atoms with van der Waals surface area (Å²) in [5, 5.41) is 2.44. The van der Waals surface area contributed by atoms with Crippen molar-refractivity contribution in [3.63, 3.8) is 0 Å². The molecular weight excluding hydrogens is 378 g/mol. The number of aromatic amines is 1. The molecule has 3 aromatic heterocycles. The molecule has 28 heavy (non-hydrogen) atoms. The highest BCUT2D eigenvalue weighted by atomic mass is 32.1. The summed E-state index contributed by atoms with van der Waals surface area (Å²) in [4.78, 5) is 30.9. The van der Waals surface area contributed by atoms with Crippen LogP contribution in [0, 0.1) is 0 Å². The summed E-state index contributed by atoms with van der Waals surface area (Å²) in [7, 11) is 3.09. The van der Waals surface area contributed by atoms with Crippen molar-refractivity contribution in [2.24, 2.45) is 0 Å². The minimum atomic E-state index is -0.221. The minimum Gasteiger partial charge on any atom is -0.493 e. The molecule has 0 unspecified atom stereocenters. The first-order valence-corrected chi connectivity index (χ1v) is 9.60. The van der Waals surface area contributed by atoms with E-state index < -0.39 is 0 Å². The van der Waals surface area contributed by atoms with E-state index in [4.69, 9.17) is 9.47 Å². The molecule has 4 rings (SSSR count). The molecule has 9 heteroatoms. The Morgan fingerprint density at radius 2 is 1.93 bits per heavy atom. The van der Waals surface area contributed by atoms with Crippen LogP contribution in [0.5, 0.6) is 11.5 Å². The maximum atomic E-state index is 12.6. The number of aromatic nitrogens is 4. The molecule has 144 valence electrons. The maximum Gasteiger partial charge on any atom is 0.258 e. The quantitative estimate of drug-likeness (QED) is 0.535. The molecule has 0 aliphatic carbocycles. The number of nitrogens with zero attached hydrogens (tertiary/aromatic N) is 4. The predicted molar refractivity (Wildman–Crippen MR) is 110 cm³/mol. The zero-order valence-electron chi connectivity index (χ0n) is 15.7. The number of ether oxygens (including phenoxy) is 2. The molecule has 0 amide bonds. The zero-order valence-corrected chi connectivity index (χ0v) is 16.5. The number of benzene rings is 1. The summed E-state index contributed by atoms with van der Waals surface area (Å²) in [5.74, 6) is 2.40. The Hall–Kier alpha value is -3.20. The third-order valence-corrected chi connectivity index (χ3v) is 5.41. The molecule has 0 aliphatic rings. The fourth-order valence-electron chi connectivity index (χ4n) is 3.11. The van der Waals surface area contributed by atoms with Gasteiger partial charge < -0.3 is 19.4 Å². The maximum absolute atomic E-state index is 12.6. The zero-order chi connectivity index (χ0) is 19.7. The van der Waals surface area contributed by atoms with Crippen molar-refractivity contribution in [3.8, 4) is 11.5 Å².